The molecule has 0 atom stereocenters. The first-order valence-corrected chi connectivity index (χ1v) is 5.05. The summed E-state index contributed by atoms with van der Waals surface area (Å²) in [6, 6.07) is 0. The molecule has 0 fully saturated rings. The summed E-state index contributed by atoms with van der Waals surface area (Å²) in [4.78, 5) is 6.46. The molecule has 2 N–H and O–H groups in total. The molecule has 0 bridgehead atoms. The highest BCUT2D eigenvalue weighted by Crippen LogP contribution is 2.23. The summed E-state index contributed by atoms with van der Waals surface area (Å²) in [6.45, 7) is 6.36. The minimum atomic E-state index is 0.791. The minimum absolute atomic E-state index is 0.791. The number of hydrogen-bond acceptors (Lipinski definition) is 4. The molecule has 0 unspecified atom stereocenters. The van der Waals surface area contributed by atoms with Gasteiger partial charge < -0.3 is 10.6 Å². The third-order valence-electron chi connectivity index (χ3n) is 1.66. The molecule has 0 aliphatic carbocycles. The number of nitrogens with two attached hydrogens (primary N) is 1. The van der Waals surface area contributed by atoms with Crippen molar-refractivity contribution in [2.75, 3.05) is 23.7 Å². The number of rotatable bonds is 4. The van der Waals surface area contributed by atoms with Gasteiger partial charge in [0.2, 0.25) is 0 Å². The summed E-state index contributed by atoms with van der Waals surface area (Å²) in [6.07, 6.45) is 2.87. The van der Waals surface area contributed by atoms with Crippen molar-refractivity contribution in [1.82, 2.24) is 4.98 Å². The Morgan fingerprint density at radius 1 is 1.58 bits per heavy atom. The lowest BCUT2D eigenvalue weighted by Gasteiger charge is -2.17. The van der Waals surface area contributed by atoms with Gasteiger partial charge in [0.1, 0.15) is 5.00 Å². The Bertz CT molecular complexity index is 234. The quantitative estimate of drug-likeness (QED) is 0.779. The fourth-order valence-electron chi connectivity index (χ4n) is 1.08. The third kappa shape index (κ3) is 2.11. The van der Waals surface area contributed by atoms with Gasteiger partial charge in [-0.05, 0) is 13.3 Å². The van der Waals surface area contributed by atoms with E-state index >= 15 is 0 Å². The van der Waals surface area contributed by atoms with E-state index in [-0.39, 0.29) is 0 Å². The maximum absolute atomic E-state index is 5.60. The van der Waals surface area contributed by atoms with E-state index in [0.717, 1.165) is 29.6 Å². The highest BCUT2D eigenvalue weighted by Gasteiger charge is 2.06. The zero-order chi connectivity index (χ0) is 8.97. The van der Waals surface area contributed by atoms with E-state index in [1.165, 1.54) is 0 Å². The molecule has 0 saturated heterocycles. The van der Waals surface area contributed by atoms with E-state index in [9.17, 15) is 0 Å². The molecule has 1 rings (SSSR count). The monoisotopic (exact) mass is 185 g/mol. The lowest BCUT2D eigenvalue weighted by atomic mass is 10.4. The van der Waals surface area contributed by atoms with Crippen molar-refractivity contribution in [2.45, 2.75) is 20.3 Å². The second-order valence-corrected chi connectivity index (χ2v) is 3.67. The fraction of sp³-hybridized carbons (Fsp3) is 0.625. The summed E-state index contributed by atoms with van der Waals surface area (Å²) < 4.78 is 0. The van der Waals surface area contributed by atoms with Gasteiger partial charge in [0.05, 0.1) is 6.20 Å². The summed E-state index contributed by atoms with van der Waals surface area (Å²) in [5.74, 6) is 0. The van der Waals surface area contributed by atoms with Crippen LogP contribution in [0.2, 0.25) is 0 Å². The average Bonchev–Trinajstić information content (AvgIpc) is 2.47. The first-order chi connectivity index (χ1) is 5.77. The Morgan fingerprint density at radius 2 is 2.33 bits per heavy atom. The number of nitrogens with zero attached hydrogens (tertiary/aromatic N) is 2. The number of thiazole rings is 1. The first-order valence-electron chi connectivity index (χ1n) is 4.24. The van der Waals surface area contributed by atoms with Crippen molar-refractivity contribution in [2.24, 2.45) is 0 Å². The zero-order valence-corrected chi connectivity index (χ0v) is 8.40. The average molecular weight is 185 g/mol. The van der Waals surface area contributed by atoms with Crippen LogP contribution in [0.15, 0.2) is 6.20 Å². The zero-order valence-electron chi connectivity index (χ0n) is 7.58. The van der Waals surface area contributed by atoms with E-state index in [0.29, 0.717) is 0 Å². The van der Waals surface area contributed by atoms with Crippen molar-refractivity contribution in [3.8, 4) is 0 Å². The van der Waals surface area contributed by atoms with E-state index in [4.69, 9.17) is 5.73 Å². The molecule has 0 aliphatic heterocycles. The second kappa shape index (κ2) is 4.30. The molecule has 0 aliphatic rings. The molecule has 68 valence electrons. The van der Waals surface area contributed by atoms with Gasteiger partial charge in [0, 0.05) is 13.1 Å². The lowest BCUT2D eigenvalue weighted by Crippen LogP contribution is -2.22. The second-order valence-electron chi connectivity index (χ2n) is 2.62. The molecule has 0 spiro atoms. The maximum Gasteiger partial charge on any atom is 0.187 e. The summed E-state index contributed by atoms with van der Waals surface area (Å²) in [7, 11) is 0. The summed E-state index contributed by atoms with van der Waals surface area (Å²) in [5.41, 5.74) is 5.60. The van der Waals surface area contributed by atoms with Gasteiger partial charge in [-0.1, -0.05) is 18.3 Å². The topological polar surface area (TPSA) is 42.2 Å². The lowest BCUT2D eigenvalue weighted by molar-refractivity contribution is 0.788. The molecular formula is C8H15N3S. The van der Waals surface area contributed by atoms with E-state index in [1.54, 1.807) is 17.5 Å². The summed E-state index contributed by atoms with van der Waals surface area (Å²) >= 11 is 1.55. The van der Waals surface area contributed by atoms with Crippen LogP contribution in [0.4, 0.5) is 10.1 Å². The van der Waals surface area contributed by atoms with Crippen LogP contribution in [-0.4, -0.2) is 18.1 Å². The number of anilines is 2. The Morgan fingerprint density at radius 3 is 2.75 bits per heavy atom. The molecule has 3 nitrogen and oxygen atoms in total. The van der Waals surface area contributed by atoms with Gasteiger partial charge in [-0.25, -0.2) is 4.98 Å². The Labute approximate surface area is 77.2 Å². The van der Waals surface area contributed by atoms with Gasteiger partial charge in [-0.2, -0.15) is 0 Å². The third-order valence-corrected chi connectivity index (χ3v) is 2.54. The molecule has 12 heavy (non-hydrogen) atoms. The molecular weight excluding hydrogens is 170 g/mol. The standard InChI is InChI=1S/C8H15N3S/c1-3-5-11(4-2)8-10-6-7(9)12-8/h6H,3-5,9H2,1-2H3. The minimum Gasteiger partial charge on any atom is -0.389 e. The molecule has 1 aromatic heterocycles. The van der Waals surface area contributed by atoms with Gasteiger partial charge >= 0.3 is 0 Å². The van der Waals surface area contributed by atoms with Crippen molar-refractivity contribution >= 4 is 21.5 Å². The van der Waals surface area contributed by atoms with Crippen molar-refractivity contribution < 1.29 is 0 Å². The van der Waals surface area contributed by atoms with Gasteiger partial charge in [0.25, 0.3) is 0 Å². The van der Waals surface area contributed by atoms with Gasteiger partial charge in [-0.3, -0.25) is 0 Å². The van der Waals surface area contributed by atoms with Crippen LogP contribution >= 0.6 is 11.3 Å². The first kappa shape index (κ1) is 9.32. The van der Waals surface area contributed by atoms with Crippen molar-refractivity contribution in [3.63, 3.8) is 0 Å². The Hall–Kier alpha value is -0.770. The maximum atomic E-state index is 5.60. The molecule has 0 saturated carbocycles. The molecule has 0 amide bonds. The van der Waals surface area contributed by atoms with Crippen LogP contribution in [-0.2, 0) is 0 Å². The smallest absolute Gasteiger partial charge is 0.187 e. The van der Waals surface area contributed by atoms with Crippen LogP contribution in [0.5, 0.6) is 0 Å². The normalized spacial score (nSPS) is 10.2. The number of aromatic nitrogens is 1. The van der Waals surface area contributed by atoms with Crippen molar-refractivity contribution in [1.29, 1.82) is 0 Å². The molecule has 0 aromatic carbocycles. The Balaban J connectivity index is 2.66. The van der Waals surface area contributed by atoms with Crippen LogP contribution in [0, 0.1) is 0 Å². The summed E-state index contributed by atoms with van der Waals surface area (Å²) in [5, 5.41) is 1.83. The highest BCUT2D eigenvalue weighted by atomic mass is 32.1. The number of hydrogen-bond donors (Lipinski definition) is 1. The van der Waals surface area contributed by atoms with E-state index in [2.05, 4.69) is 23.7 Å². The largest absolute Gasteiger partial charge is 0.389 e. The Kier molecular flexibility index (Phi) is 3.34. The predicted octanol–water partition coefficient (Wildman–Crippen LogP) is 1.96. The highest BCUT2D eigenvalue weighted by molar-refractivity contribution is 7.19. The van der Waals surface area contributed by atoms with Crippen LogP contribution < -0.4 is 10.6 Å². The van der Waals surface area contributed by atoms with Gasteiger partial charge in [-0.15, -0.1) is 0 Å². The predicted molar refractivity (Wildman–Crippen MR) is 54.7 cm³/mol. The molecule has 1 aromatic rings. The molecule has 4 heteroatoms. The van der Waals surface area contributed by atoms with Crippen LogP contribution in [0.25, 0.3) is 0 Å². The fourth-order valence-corrected chi connectivity index (χ4v) is 1.85. The van der Waals surface area contributed by atoms with E-state index in [1.807, 2.05) is 0 Å². The number of nitrogen functional groups attached to an aromatic ring is 1. The van der Waals surface area contributed by atoms with E-state index < -0.39 is 0 Å². The van der Waals surface area contributed by atoms with Crippen LogP contribution in [0.1, 0.15) is 20.3 Å². The van der Waals surface area contributed by atoms with Crippen LogP contribution in [0.3, 0.4) is 0 Å². The SMILES string of the molecule is CCCN(CC)c1ncc(N)s1. The van der Waals surface area contributed by atoms with Crippen molar-refractivity contribution in [3.05, 3.63) is 6.20 Å². The molecule has 0 radical (unpaired) electrons. The van der Waals surface area contributed by atoms with Gasteiger partial charge in [0.15, 0.2) is 5.13 Å². The molecule has 1 heterocycles.